The monoisotopic (exact) mass is 560 g/mol. The molecule has 2 fully saturated rings. The van der Waals surface area contributed by atoms with Gasteiger partial charge >= 0.3 is 6.61 Å². The number of piperidine rings is 1. The SMILES string of the molecule is C=C/C(C(=O)Nc1sc(N2CC(N3CCCCC3)C2)nc1-c1cc(Cl)ccc1OC(F)F)=C1/N=CC=CN1. The largest absolute Gasteiger partial charge is 0.434 e. The van der Waals surface area contributed by atoms with Crippen molar-refractivity contribution >= 4 is 45.2 Å². The molecule has 2 N–H and O–H groups in total. The third kappa shape index (κ3) is 5.74. The molecule has 0 bridgehead atoms. The maximum absolute atomic E-state index is 13.3. The van der Waals surface area contributed by atoms with Crippen LogP contribution in [-0.4, -0.2) is 60.8 Å². The number of nitrogens with zero attached hydrogens (tertiary/aromatic N) is 4. The van der Waals surface area contributed by atoms with Gasteiger partial charge < -0.3 is 20.3 Å². The summed E-state index contributed by atoms with van der Waals surface area (Å²) in [6.07, 6.45) is 10.0. The van der Waals surface area contributed by atoms with E-state index in [0.717, 1.165) is 26.2 Å². The molecule has 0 aliphatic carbocycles. The Morgan fingerprint density at radius 2 is 2.08 bits per heavy atom. The van der Waals surface area contributed by atoms with Gasteiger partial charge in [-0.05, 0) is 50.2 Å². The van der Waals surface area contributed by atoms with Gasteiger partial charge in [-0.1, -0.05) is 42.0 Å². The van der Waals surface area contributed by atoms with Gasteiger partial charge in [-0.25, -0.2) is 9.98 Å². The molecule has 0 atom stereocenters. The number of rotatable bonds is 8. The minimum Gasteiger partial charge on any atom is -0.434 e. The lowest BCUT2D eigenvalue weighted by Gasteiger charge is -2.46. The van der Waals surface area contributed by atoms with Gasteiger partial charge in [0.15, 0.2) is 5.13 Å². The maximum atomic E-state index is 13.3. The topological polar surface area (TPSA) is 82.1 Å². The zero-order valence-electron chi connectivity index (χ0n) is 20.5. The number of likely N-dealkylation sites (tertiary alicyclic amines) is 1. The molecule has 0 spiro atoms. The van der Waals surface area contributed by atoms with Crippen LogP contribution in [0.5, 0.6) is 5.75 Å². The van der Waals surface area contributed by atoms with Crippen LogP contribution in [-0.2, 0) is 4.79 Å². The molecule has 38 heavy (non-hydrogen) atoms. The molecule has 0 unspecified atom stereocenters. The number of carbonyl (C=O) groups excluding carboxylic acids is 1. The summed E-state index contributed by atoms with van der Waals surface area (Å²) in [7, 11) is 0. The zero-order chi connectivity index (χ0) is 26.6. The summed E-state index contributed by atoms with van der Waals surface area (Å²) >= 11 is 7.50. The zero-order valence-corrected chi connectivity index (χ0v) is 22.1. The third-order valence-corrected chi connectivity index (χ3v) is 7.87. The van der Waals surface area contributed by atoms with E-state index in [2.05, 4.69) is 32.0 Å². The molecule has 3 aliphatic rings. The number of amides is 1. The Morgan fingerprint density at radius 1 is 1.29 bits per heavy atom. The van der Waals surface area contributed by atoms with Crippen LogP contribution in [0, 0.1) is 0 Å². The Morgan fingerprint density at radius 3 is 2.76 bits per heavy atom. The Kier molecular flexibility index (Phi) is 8.06. The Labute approximate surface area is 228 Å². The number of carbonyl (C=O) groups is 1. The Hall–Kier alpha value is -3.28. The molecule has 8 nitrogen and oxygen atoms in total. The Balaban J connectivity index is 1.47. The molecule has 3 aliphatic heterocycles. The number of aliphatic imine (C=N–C) groups is 1. The number of allylic oxidation sites excluding steroid dienone is 1. The van der Waals surface area contributed by atoms with Crippen LogP contribution in [0.15, 0.2) is 59.5 Å². The summed E-state index contributed by atoms with van der Waals surface area (Å²) in [4.78, 5) is 26.9. The van der Waals surface area contributed by atoms with E-state index in [9.17, 15) is 13.6 Å². The summed E-state index contributed by atoms with van der Waals surface area (Å²) < 4.78 is 31.2. The first kappa shape index (κ1) is 26.3. The number of aromatic nitrogens is 1. The molecule has 12 heteroatoms. The Bertz CT molecular complexity index is 1300. The summed E-state index contributed by atoms with van der Waals surface area (Å²) in [6, 6.07) is 4.79. The predicted octanol–water partition coefficient (Wildman–Crippen LogP) is 5.26. The molecule has 1 amide bonds. The van der Waals surface area contributed by atoms with Crippen molar-refractivity contribution in [3.05, 3.63) is 59.5 Å². The van der Waals surface area contributed by atoms with E-state index in [4.69, 9.17) is 21.3 Å². The number of benzene rings is 1. The van der Waals surface area contributed by atoms with Crippen molar-refractivity contribution in [2.24, 2.45) is 4.99 Å². The van der Waals surface area contributed by atoms with E-state index in [-0.39, 0.29) is 16.9 Å². The molecule has 0 radical (unpaired) electrons. The summed E-state index contributed by atoms with van der Waals surface area (Å²) in [5.74, 6) is -0.222. The van der Waals surface area contributed by atoms with Crippen LogP contribution in [0.2, 0.25) is 5.02 Å². The number of ether oxygens (including phenoxy) is 1. The van der Waals surface area contributed by atoms with Gasteiger partial charge in [0.2, 0.25) is 0 Å². The van der Waals surface area contributed by atoms with Gasteiger partial charge in [-0.2, -0.15) is 8.78 Å². The van der Waals surface area contributed by atoms with Gasteiger partial charge in [0.05, 0.1) is 5.57 Å². The summed E-state index contributed by atoms with van der Waals surface area (Å²) in [6.45, 7) is 4.53. The van der Waals surface area contributed by atoms with Crippen LogP contribution in [0.1, 0.15) is 19.3 Å². The second-order valence-corrected chi connectivity index (χ2v) is 10.5. The molecule has 2 saturated heterocycles. The van der Waals surface area contributed by atoms with Crippen molar-refractivity contribution in [3.63, 3.8) is 0 Å². The van der Waals surface area contributed by atoms with E-state index in [1.165, 1.54) is 54.9 Å². The van der Waals surface area contributed by atoms with Gasteiger partial charge in [0.25, 0.3) is 5.91 Å². The van der Waals surface area contributed by atoms with Gasteiger partial charge in [-0.15, -0.1) is 0 Å². The predicted molar refractivity (Wildman–Crippen MR) is 147 cm³/mol. The van der Waals surface area contributed by atoms with E-state index >= 15 is 0 Å². The molecule has 1 aromatic heterocycles. The number of anilines is 2. The fourth-order valence-electron chi connectivity index (χ4n) is 4.66. The number of hydrogen-bond donors (Lipinski definition) is 2. The fourth-order valence-corrected chi connectivity index (χ4v) is 5.83. The van der Waals surface area contributed by atoms with Crippen LogP contribution < -0.4 is 20.3 Å². The van der Waals surface area contributed by atoms with Gasteiger partial charge in [0.1, 0.15) is 22.3 Å². The van der Waals surface area contributed by atoms with Crippen LogP contribution in [0.4, 0.5) is 18.9 Å². The van der Waals surface area contributed by atoms with E-state index < -0.39 is 12.5 Å². The van der Waals surface area contributed by atoms with Crippen LogP contribution in [0.25, 0.3) is 11.3 Å². The lowest BCUT2D eigenvalue weighted by molar-refractivity contribution is -0.112. The minimum atomic E-state index is -3.04. The lowest BCUT2D eigenvalue weighted by atomic mass is 10.0. The van der Waals surface area contributed by atoms with E-state index in [0.29, 0.717) is 32.7 Å². The third-order valence-electron chi connectivity index (χ3n) is 6.61. The molecule has 4 heterocycles. The quantitative estimate of drug-likeness (QED) is 0.429. The maximum Gasteiger partial charge on any atom is 0.387 e. The normalized spacial score (nSPS) is 19.2. The molecule has 200 valence electrons. The highest BCUT2D eigenvalue weighted by Gasteiger charge is 2.35. The van der Waals surface area contributed by atoms with Crippen molar-refractivity contribution in [1.82, 2.24) is 15.2 Å². The van der Waals surface area contributed by atoms with Crippen molar-refractivity contribution in [1.29, 1.82) is 0 Å². The average molecular weight is 561 g/mol. The summed E-state index contributed by atoms with van der Waals surface area (Å²) in [5.41, 5.74) is 0.773. The van der Waals surface area contributed by atoms with Crippen LogP contribution >= 0.6 is 22.9 Å². The molecule has 5 rings (SSSR count). The van der Waals surface area contributed by atoms with E-state index in [1.54, 1.807) is 18.5 Å². The summed E-state index contributed by atoms with van der Waals surface area (Å²) in [5, 5.41) is 7.18. The van der Waals surface area contributed by atoms with E-state index in [1.807, 2.05) is 0 Å². The van der Waals surface area contributed by atoms with Gasteiger partial charge in [0, 0.05) is 42.1 Å². The minimum absolute atomic E-state index is 0.0856. The number of halogens is 3. The number of thiazole rings is 1. The second-order valence-electron chi connectivity index (χ2n) is 9.05. The van der Waals surface area contributed by atoms with Crippen molar-refractivity contribution in [2.45, 2.75) is 31.9 Å². The first-order chi connectivity index (χ1) is 18.4. The smallest absolute Gasteiger partial charge is 0.387 e. The molecular formula is C26H27ClF2N6O2S. The second kappa shape index (κ2) is 11.6. The number of hydrogen-bond acceptors (Lipinski definition) is 8. The van der Waals surface area contributed by atoms with Crippen molar-refractivity contribution < 1.29 is 18.3 Å². The average Bonchev–Trinajstić information content (AvgIpc) is 3.28. The first-order valence-corrected chi connectivity index (χ1v) is 13.5. The highest BCUT2D eigenvalue weighted by atomic mass is 35.5. The highest BCUT2D eigenvalue weighted by Crippen LogP contribution is 2.44. The van der Waals surface area contributed by atoms with Crippen molar-refractivity contribution in [2.75, 3.05) is 36.4 Å². The number of nitrogens with one attached hydrogen (secondary N) is 2. The highest BCUT2D eigenvalue weighted by molar-refractivity contribution is 7.20. The molecule has 0 saturated carbocycles. The van der Waals surface area contributed by atoms with Crippen LogP contribution in [0.3, 0.4) is 0 Å². The van der Waals surface area contributed by atoms with Crippen molar-refractivity contribution in [3.8, 4) is 17.0 Å². The fraction of sp³-hybridized carbons (Fsp3) is 0.346. The standard InChI is InChI=1S/C26H27ClF2N6O2S/c1-2-18(22-30-9-6-10-31-22)23(36)33-24-21(19-13-16(27)7-8-20(19)37-25(28)29)32-26(38-24)35-14-17(15-35)34-11-4-3-5-12-34/h2,6-10,13,17,25,30H,1,3-5,11-12,14-15H2,(H,33,36)/b22-18-. The molecular weight excluding hydrogens is 534 g/mol. The number of alkyl halides is 2. The lowest BCUT2D eigenvalue weighted by Crippen LogP contribution is -2.60. The first-order valence-electron chi connectivity index (χ1n) is 12.3. The van der Waals surface area contributed by atoms with Gasteiger partial charge in [-0.3, -0.25) is 9.69 Å². The molecule has 1 aromatic carbocycles. The molecule has 2 aromatic rings.